The minimum Gasteiger partial charge on any atom is -0.467 e. The Kier molecular flexibility index (Phi) is 13.2. The lowest BCUT2D eigenvalue weighted by atomic mass is 10.0. The molecule has 0 bridgehead atoms. The van der Waals surface area contributed by atoms with Crippen molar-refractivity contribution in [3.8, 4) is 6.01 Å². The Labute approximate surface area is 345 Å². The summed E-state index contributed by atoms with van der Waals surface area (Å²) >= 11 is 6.04. The summed E-state index contributed by atoms with van der Waals surface area (Å²) in [4.78, 5) is 76.0. The van der Waals surface area contributed by atoms with Crippen LogP contribution in [0, 0.1) is 0 Å². The number of nitrogens with one attached hydrogen (secondary N) is 5. The number of rotatable bonds is 16. The number of ketones is 1. The summed E-state index contributed by atoms with van der Waals surface area (Å²) in [5.74, 6) is -4.01. The number of aromatic nitrogens is 3. The molecule has 60 heavy (non-hydrogen) atoms. The normalized spacial score (nSPS) is 13.2. The van der Waals surface area contributed by atoms with E-state index in [1.807, 2.05) is 12.1 Å². The van der Waals surface area contributed by atoms with Crippen molar-refractivity contribution in [1.29, 1.82) is 0 Å². The number of ether oxygens (including phenoxy) is 2. The molecule has 4 aromatic carbocycles. The van der Waals surface area contributed by atoms with E-state index in [-0.39, 0.29) is 41.9 Å². The fourth-order valence-electron chi connectivity index (χ4n) is 5.83. The standard InChI is InChI=1S/C41H36ClF3N8O7/c1-59-36(58)31(18-21-46-34(56)35(57)47-30-9-5-8-26(22-30)32(54)24-6-3-2-4-7-24)49-33(55)25-10-16-29(17-11-25)48-37-50-38(52-39(51-37)60-23-41(43,44)45)53-40(19-20-40)27-12-14-28(42)15-13-27/h2-17,22,31H,18-21,23H2,1H3,(H,46,56)(H,47,57)(H,49,55)(H2,48,50,51,52,53)/t31-/m1/s1. The van der Waals surface area contributed by atoms with E-state index in [1.54, 1.807) is 54.6 Å². The van der Waals surface area contributed by atoms with Gasteiger partial charge in [0.15, 0.2) is 12.4 Å². The van der Waals surface area contributed by atoms with Gasteiger partial charge in [0, 0.05) is 39.6 Å². The van der Waals surface area contributed by atoms with Crippen LogP contribution in [0.1, 0.15) is 51.1 Å². The fourth-order valence-corrected chi connectivity index (χ4v) is 5.96. The molecule has 3 amide bonds. The highest BCUT2D eigenvalue weighted by Gasteiger charge is 2.45. The Bertz CT molecular complexity index is 2370. The lowest BCUT2D eigenvalue weighted by molar-refractivity contribution is -0.154. The van der Waals surface area contributed by atoms with E-state index >= 15 is 0 Å². The Hall–Kier alpha value is -7.08. The second kappa shape index (κ2) is 18.7. The molecule has 1 aliphatic rings. The number of nitrogens with zero attached hydrogens (tertiary/aromatic N) is 3. The molecule has 0 saturated heterocycles. The van der Waals surface area contributed by atoms with E-state index in [9.17, 15) is 37.1 Å². The Balaban J connectivity index is 1.04. The van der Waals surface area contributed by atoms with Gasteiger partial charge in [0.1, 0.15) is 6.04 Å². The lowest BCUT2D eigenvalue weighted by Gasteiger charge is -2.19. The van der Waals surface area contributed by atoms with Crippen molar-refractivity contribution in [3.63, 3.8) is 0 Å². The zero-order chi connectivity index (χ0) is 42.9. The highest BCUT2D eigenvalue weighted by molar-refractivity contribution is 6.39. The molecule has 1 heterocycles. The maximum Gasteiger partial charge on any atom is 0.422 e. The average molecular weight is 845 g/mol. The van der Waals surface area contributed by atoms with Crippen LogP contribution in [-0.2, 0) is 24.7 Å². The minimum atomic E-state index is -4.65. The molecule has 19 heteroatoms. The topological polar surface area (TPSA) is 203 Å². The predicted octanol–water partition coefficient (Wildman–Crippen LogP) is 5.96. The minimum absolute atomic E-state index is 0.0409. The van der Waals surface area contributed by atoms with Crippen LogP contribution in [0.5, 0.6) is 6.01 Å². The van der Waals surface area contributed by atoms with Gasteiger partial charge in [-0.15, -0.1) is 0 Å². The predicted molar refractivity (Wildman–Crippen MR) is 213 cm³/mol. The van der Waals surface area contributed by atoms with Gasteiger partial charge in [-0.1, -0.05) is 66.2 Å². The summed E-state index contributed by atoms with van der Waals surface area (Å²) in [6, 6.07) is 25.7. The third-order valence-electron chi connectivity index (χ3n) is 9.02. The third-order valence-corrected chi connectivity index (χ3v) is 9.27. The van der Waals surface area contributed by atoms with Gasteiger partial charge in [-0.3, -0.25) is 19.2 Å². The number of amides is 3. The summed E-state index contributed by atoms with van der Waals surface area (Å²) in [5, 5.41) is 14.0. The monoisotopic (exact) mass is 844 g/mol. The van der Waals surface area contributed by atoms with Gasteiger partial charge in [-0.25, -0.2) is 4.79 Å². The van der Waals surface area contributed by atoms with Crippen molar-refractivity contribution in [2.45, 2.75) is 37.0 Å². The number of hydrogen-bond donors (Lipinski definition) is 5. The molecule has 5 aromatic rings. The molecule has 310 valence electrons. The summed E-state index contributed by atoms with van der Waals surface area (Å²) in [6.07, 6.45) is -3.40. The maximum absolute atomic E-state index is 13.2. The number of esters is 1. The number of benzene rings is 4. The van der Waals surface area contributed by atoms with Crippen molar-refractivity contribution < 1.29 is 46.6 Å². The highest BCUT2D eigenvalue weighted by atomic mass is 35.5. The van der Waals surface area contributed by atoms with Gasteiger partial charge < -0.3 is 36.1 Å². The quantitative estimate of drug-likeness (QED) is 0.0444. The van der Waals surface area contributed by atoms with Gasteiger partial charge in [0.2, 0.25) is 11.9 Å². The first-order chi connectivity index (χ1) is 28.7. The second-order valence-electron chi connectivity index (χ2n) is 13.4. The zero-order valence-electron chi connectivity index (χ0n) is 31.6. The largest absolute Gasteiger partial charge is 0.467 e. The van der Waals surface area contributed by atoms with Crippen LogP contribution in [0.25, 0.3) is 0 Å². The number of alkyl halides is 3. The third kappa shape index (κ3) is 11.5. The van der Waals surface area contributed by atoms with E-state index in [2.05, 4.69) is 41.5 Å². The van der Waals surface area contributed by atoms with Crippen LogP contribution >= 0.6 is 11.6 Å². The van der Waals surface area contributed by atoms with E-state index in [1.165, 1.54) is 36.4 Å². The van der Waals surface area contributed by atoms with Gasteiger partial charge in [-0.2, -0.15) is 28.1 Å². The van der Waals surface area contributed by atoms with Gasteiger partial charge >= 0.3 is 30.0 Å². The molecule has 5 N–H and O–H groups in total. The number of methoxy groups -OCH3 is 1. The number of carbonyl (C=O) groups is 5. The molecule has 1 saturated carbocycles. The lowest BCUT2D eigenvalue weighted by Crippen LogP contribution is -2.44. The number of carbonyl (C=O) groups excluding carboxylic acids is 5. The highest BCUT2D eigenvalue weighted by Crippen LogP contribution is 2.48. The van der Waals surface area contributed by atoms with E-state index in [4.69, 9.17) is 21.1 Å². The summed E-state index contributed by atoms with van der Waals surface area (Å²) < 4.78 is 48.6. The maximum atomic E-state index is 13.2. The molecule has 1 aliphatic carbocycles. The Morgan fingerprint density at radius 1 is 0.783 bits per heavy atom. The van der Waals surface area contributed by atoms with Crippen LogP contribution < -0.4 is 31.3 Å². The van der Waals surface area contributed by atoms with Gasteiger partial charge in [0.25, 0.3) is 5.91 Å². The Morgan fingerprint density at radius 2 is 1.47 bits per heavy atom. The molecule has 0 radical (unpaired) electrons. The second-order valence-corrected chi connectivity index (χ2v) is 13.8. The first-order valence-electron chi connectivity index (χ1n) is 18.2. The molecule has 1 atom stereocenters. The fraction of sp³-hybridized carbons (Fsp3) is 0.220. The Morgan fingerprint density at radius 3 is 2.13 bits per heavy atom. The van der Waals surface area contributed by atoms with Gasteiger partial charge in [0.05, 0.1) is 12.6 Å². The van der Waals surface area contributed by atoms with Crippen molar-refractivity contribution in [3.05, 3.63) is 130 Å². The zero-order valence-corrected chi connectivity index (χ0v) is 32.4. The van der Waals surface area contributed by atoms with Crippen LogP contribution in [-0.4, -0.2) is 76.9 Å². The average Bonchev–Trinajstić information content (AvgIpc) is 4.02. The van der Waals surface area contributed by atoms with Crippen molar-refractivity contribution in [2.24, 2.45) is 0 Å². The number of halogens is 4. The van der Waals surface area contributed by atoms with Crippen LogP contribution in [0.15, 0.2) is 103 Å². The summed E-state index contributed by atoms with van der Waals surface area (Å²) in [7, 11) is 1.12. The van der Waals surface area contributed by atoms with Crippen molar-refractivity contribution in [1.82, 2.24) is 25.6 Å². The van der Waals surface area contributed by atoms with Crippen LogP contribution in [0.2, 0.25) is 5.02 Å². The molecule has 1 fully saturated rings. The molecule has 0 aliphatic heterocycles. The molecule has 6 rings (SSSR count). The number of hydrogen-bond acceptors (Lipinski definition) is 12. The first kappa shape index (κ1) is 42.5. The SMILES string of the molecule is COC(=O)[C@@H](CCNC(=O)C(=O)Nc1cccc(C(=O)c2ccccc2)c1)NC(=O)c1ccc(Nc2nc(NC3(c4ccc(Cl)cc4)CC3)nc(OCC(F)(F)F)n2)cc1. The molecule has 0 unspecified atom stereocenters. The van der Waals surface area contributed by atoms with E-state index in [0.717, 1.165) is 12.7 Å². The van der Waals surface area contributed by atoms with E-state index in [0.29, 0.717) is 34.7 Å². The van der Waals surface area contributed by atoms with Crippen molar-refractivity contribution >= 4 is 64.3 Å². The van der Waals surface area contributed by atoms with Crippen LogP contribution in [0.3, 0.4) is 0 Å². The summed E-state index contributed by atoms with van der Waals surface area (Å²) in [5.41, 5.74) is 1.73. The molecule has 1 aromatic heterocycles. The van der Waals surface area contributed by atoms with Gasteiger partial charge in [-0.05, 0) is 73.4 Å². The molecule has 0 spiro atoms. The first-order valence-corrected chi connectivity index (χ1v) is 18.6. The molecular weight excluding hydrogens is 809 g/mol. The summed E-state index contributed by atoms with van der Waals surface area (Å²) in [6.45, 7) is -1.84. The smallest absolute Gasteiger partial charge is 0.422 e. The van der Waals surface area contributed by atoms with Crippen molar-refractivity contribution in [2.75, 3.05) is 36.2 Å². The molecular formula is C41H36ClF3N8O7. The van der Waals surface area contributed by atoms with Crippen LogP contribution in [0.4, 0.5) is 36.4 Å². The molecule has 15 nitrogen and oxygen atoms in total. The number of anilines is 4. The van der Waals surface area contributed by atoms with E-state index < -0.39 is 54.1 Å².